The second-order valence-corrected chi connectivity index (χ2v) is 8.74. The third kappa shape index (κ3) is 3.80. The molecule has 3 rings (SSSR count). The van der Waals surface area contributed by atoms with Gasteiger partial charge in [-0.2, -0.15) is 11.8 Å². The third-order valence-electron chi connectivity index (χ3n) is 4.84. The van der Waals surface area contributed by atoms with Crippen LogP contribution in [0.3, 0.4) is 0 Å². The highest BCUT2D eigenvalue weighted by Crippen LogP contribution is 2.32. The summed E-state index contributed by atoms with van der Waals surface area (Å²) in [4.78, 5) is 28.9. The summed E-state index contributed by atoms with van der Waals surface area (Å²) >= 11 is 3.42. The number of rotatable bonds is 4. The molecule has 0 saturated carbocycles. The number of ether oxygens (including phenoxy) is 1. The van der Waals surface area contributed by atoms with E-state index in [0.717, 1.165) is 43.7 Å². The maximum atomic E-state index is 12.7. The van der Waals surface area contributed by atoms with Crippen molar-refractivity contribution in [2.45, 2.75) is 63.9 Å². The first-order valence-corrected chi connectivity index (χ1v) is 10.8. The van der Waals surface area contributed by atoms with Crippen LogP contribution in [-0.2, 0) is 21.7 Å². The minimum atomic E-state index is -0.710. The molecule has 1 amide bonds. The van der Waals surface area contributed by atoms with E-state index in [-0.39, 0.29) is 11.9 Å². The number of hydrogen-bond acceptors (Lipinski definition) is 5. The Morgan fingerprint density at radius 1 is 1.42 bits per heavy atom. The second-order valence-electron chi connectivity index (χ2n) is 6.50. The molecule has 1 saturated heterocycles. The maximum Gasteiger partial charge on any atom is 0.349 e. The molecule has 0 radical (unpaired) electrons. The van der Waals surface area contributed by atoms with Crippen molar-refractivity contribution < 1.29 is 14.3 Å². The van der Waals surface area contributed by atoms with E-state index in [1.807, 2.05) is 22.7 Å². The van der Waals surface area contributed by atoms with Gasteiger partial charge < -0.3 is 9.64 Å². The quantitative estimate of drug-likeness (QED) is 0.758. The Kier molecular flexibility index (Phi) is 5.87. The van der Waals surface area contributed by atoms with Crippen molar-refractivity contribution in [2.24, 2.45) is 0 Å². The van der Waals surface area contributed by atoms with Gasteiger partial charge in [0.25, 0.3) is 5.91 Å². The molecule has 2 atom stereocenters. The van der Waals surface area contributed by atoms with Crippen molar-refractivity contribution >= 4 is 35.0 Å². The van der Waals surface area contributed by atoms with Crippen LogP contribution in [0.1, 0.15) is 59.6 Å². The molecule has 4 nitrogen and oxygen atoms in total. The SMILES string of the molecule is CCC1CCCCN1C(=O)C(C)OC(=O)c1cc2c(s1)CCSC2. The van der Waals surface area contributed by atoms with E-state index in [9.17, 15) is 9.59 Å². The molecule has 2 aliphatic rings. The van der Waals surface area contributed by atoms with Crippen LogP contribution < -0.4 is 0 Å². The Labute approximate surface area is 151 Å². The zero-order valence-corrected chi connectivity index (χ0v) is 16.0. The second kappa shape index (κ2) is 7.91. The minimum Gasteiger partial charge on any atom is -0.448 e. The molecule has 24 heavy (non-hydrogen) atoms. The molecule has 2 aliphatic heterocycles. The molecule has 0 spiro atoms. The summed E-state index contributed by atoms with van der Waals surface area (Å²) in [5.74, 6) is 1.68. The smallest absolute Gasteiger partial charge is 0.349 e. The van der Waals surface area contributed by atoms with Crippen molar-refractivity contribution in [1.82, 2.24) is 4.90 Å². The Morgan fingerprint density at radius 2 is 2.25 bits per heavy atom. The molecule has 3 heterocycles. The van der Waals surface area contributed by atoms with Gasteiger partial charge >= 0.3 is 5.97 Å². The summed E-state index contributed by atoms with van der Waals surface area (Å²) < 4.78 is 5.50. The number of amides is 1. The lowest BCUT2D eigenvalue weighted by molar-refractivity contribution is -0.143. The third-order valence-corrected chi connectivity index (χ3v) is 7.07. The molecular weight excluding hydrogens is 342 g/mol. The first kappa shape index (κ1) is 17.8. The maximum absolute atomic E-state index is 12.7. The number of thiophene rings is 1. The largest absolute Gasteiger partial charge is 0.448 e. The number of hydrogen-bond donors (Lipinski definition) is 0. The number of piperidine rings is 1. The van der Waals surface area contributed by atoms with Crippen molar-refractivity contribution in [3.8, 4) is 0 Å². The molecule has 0 bridgehead atoms. The standard InChI is InChI=1S/C18H25NO3S2/c1-3-14-6-4-5-8-19(14)17(20)12(2)22-18(21)16-10-13-11-23-9-7-15(13)24-16/h10,12,14H,3-9,11H2,1-2H3. The normalized spacial score (nSPS) is 21.9. The monoisotopic (exact) mass is 367 g/mol. The molecule has 0 aliphatic carbocycles. The van der Waals surface area contributed by atoms with Crippen LogP contribution in [0.2, 0.25) is 0 Å². The van der Waals surface area contributed by atoms with E-state index >= 15 is 0 Å². The number of esters is 1. The van der Waals surface area contributed by atoms with Gasteiger partial charge in [-0.05, 0) is 56.4 Å². The van der Waals surface area contributed by atoms with Crippen LogP contribution in [0.4, 0.5) is 0 Å². The van der Waals surface area contributed by atoms with Crippen molar-refractivity contribution in [2.75, 3.05) is 12.3 Å². The number of likely N-dealkylation sites (tertiary alicyclic amines) is 1. The minimum absolute atomic E-state index is 0.0493. The molecular formula is C18H25NO3S2. The zero-order chi connectivity index (χ0) is 17.1. The lowest BCUT2D eigenvalue weighted by Crippen LogP contribution is -2.48. The first-order chi connectivity index (χ1) is 11.6. The average molecular weight is 368 g/mol. The van der Waals surface area contributed by atoms with Crippen molar-refractivity contribution in [3.05, 3.63) is 21.4 Å². The number of carbonyl (C=O) groups excluding carboxylic acids is 2. The summed E-state index contributed by atoms with van der Waals surface area (Å²) in [6.07, 6.45) is 4.55. The summed E-state index contributed by atoms with van der Waals surface area (Å²) in [7, 11) is 0. The predicted molar refractivity (Wildman–Crippen MR) is 98.7 cm³/mol. The fraction of sp³-hybridized carbons (Fsp3) is 0.667. The van der Waals surface area contributed by atoms with E-state index in [2.05, 4.69) is 6.92 Å². The summed E-state index contributed by atoms with van der Waals surface area (Å²) in [6.45, 7) is 4.59. The molecule has 1 fully saturated rings. The lowest BCUT2D eigenvalue weighted by Gasteiger charge is -2.36. The van der Waals surface area contributed by atoms with Crippen LogP contribution in [0.5, 0.6) is 0 Å². The Balaban J connectivity index is 1.63. The molecule has 0 N–H and O–H groups in total. The van der Waals surface area contributed by atoms with E-state index in [0.29, 0.717) is 10.9 Å². The van der Waals surface area contributed by atoms with Gasteiger partial charge in [-0.1, -0.05) is 6.92 Å². The number of fused-ring (bicyclic) bond motifs is 1. The highest BCUT2D eigenvalue weighted by molar-refractivity contribution is 7.98. The number of thioether (sulfide) groups is 1. The Morgan fingerprint density at radius 3 is 3.00 bits per heavy atom. The van der Waals surface area contributed by atoms with Crippen molar-refractivity contribution in [1.29, 1.82) is 0 Å². The fourth-order valence-electron chi connectivity index (χ4n) is 3.47. The van der Waals surface area contributed by atoms with Crippen LogP contribution in [-0.4, -0.2) is 41.2 Å². The van der Waals surface area contributed by atoms with Gasteiger partial charge in [0.1, 0.15) is 4.88 Å². The highest BCUT2D eigenvalue weighted by atomic mass is 32.2. The lowest BCUT2D eigenvalue weighted by atomic mass is 9.99. The van der Waals surface area contributed by atoms with E-state index < -0.39 is 6.10 Å². The van der Waals surface area contributed by atoms with Crippen LogP contribution in [0.25, 0.3) is 0 Å². The van der Waals surface area contributed by atoms with Gasteiger partial charge in [-0.3, -0.25) is 4.79 Å². The molecule has 1 aromatic heterocycles. The predicted octanol–water partition coefficient (Wildman–Crippen LogP) is 3.87. The summed E-state index contributed by atoms with van der Waals surface area (Å²) in [5.41, 5.74) is 1.25. The summed E-state index contributed by atoms with van der Waals surface area (Å²) in [6, 6.07) is 2.24. The van der Waals surface area contributed by atoms with E-state index in [1.54, 1.807) is 6.92 Å². The molecule has 2 unspecified atom stereocenters. The van der Waals surface area contributed by atoms with Gasteiger partial charge in [0, 0.05) is 23.2 Å². The van der Waals surface area contributed by atoms with Gasteiger partial charge in [0.05, 0.1) is 0 Å². The molecule has 132 valence electrons. The Bertz CT molecular complexity index is 590. The van der Waals surface area contributed by atoms with Gasteiger partial charge in [-0.25, -0.2) is 4.79 Å². The number of nitrogens with zero attached hydrogens (tertiary/aromatic N) is 1. The van der Waals surface area contributed by atoms with E-state index in [1.165, 1.54) is 28.2 Å². The van der Waals surface area contributed by atoms with Gasteiger partial charge in [0.2, 0.25) is 0 Å². The van der Waals surface area contributed by atoms with Crippen LogP contribution in [0, 0.1) is 0 Å². The molecule has 1 aromatic rings. The van der Waals surface area contributed by atoms with Gasteiger partial charge in [-0.15, -0.1) is 11.3 Å². The average Bonchev–Trinajstić information content (AvgIpc) is 3.05. The van der Waals surface area contributed by atoms with Crippen LogP contribution in [0.15, 0.2) is 6.07 Å². The van der Waals surface area contributed by atoms with Crippen LogP contribution >= 0.6 is 23.1 Å². The zero-order valence-electron chi connectivity index (χ0n) is 14.4. The molecule has 6 heteroatoms. The Hall–Kier alpha value is -1.01. The topological polar surface area (TPSA) is 46.6 Å². The van der Waals surface area contributed by atoms with Gasteiger partial charge in [0.15, 0.2) is 6.10 Å². The molecule has 0 aromatic carbocycles. The van der Waals surface area contributed by atoms with Crippen molar-refractivity contribution in [3.63, 3.8) is 0 Å². The number of aryl methyl sites for hydroxylation is 1. The highest BCUT2D eigenvalue weighted by Gasteiger charge is 2.31. The summed E-state index contributed by atoms with van der Waals surface area (Å²) in [5, 5.41) is 0. The fourth-order valence-corrected chi connectivity index (χ4v) is 5.72. The number of carbonyl (C=O) groups is 2. The van der Waals surface area contributed by atoms with E-state index in [4.69, 9.17) is 4.74 Å². The first-order valence-electron chi connectivity index (χ1n) is 8.81.